The van der Waals surface area contributed by atoms with Gasteiger partial charge in [0.25, 0.3) is 0 Å². The monoisotopic (exact) mass is 246 g/mol. The molecule has 1 heterocycles. The van der Waals surface area contributed by atoms with E-state index in [-0.39, 0.29) is 5.41 Å². The zero-order chi connectivity index (χ0) is 11.5. The van der Waals surface area contributed by atoms with Crippen LogP contribution in [0.5, 0.6) is 0 Å². The summed E-state index contributed by atoms with van der Waals surface area (Å²) in [7, 11) is -1.92. The van der Waals surface area contributed by atoms with Gasteiger partial charge in [0.1, 0.15) is 0 Å². The summed E-state index contributed by atoms with van der Waals surface area (Å²) in [5.41, 5.74) is 0.0236. The van der Waals surface area contributed by atoms with Crippen LogP contribution in [-0.4, -0.2) is 23.9 Å². The van der Waals surface area contributed by atoms with Crippen molar-refractivity contribution in [2.75, 3.05) is 12.8 Å². The molecule has 2 nitrogen and oxygen atoms in total. The summed E-state index contributed by atoms with van der Waals surface area (Å²) in [6.45, 7) is 8.43. The van der Waals surface area contributed by atoms with Crippen LogP contribution in [0.25, 0.3) is 0 Å². The molecule has 0 aromatic carbocycles. The van der Waals surface area contributed by atoms with Gasteiger partial charge in [-0.15, -0.1) is 0 Å². The molecule has 0 radical (unpaired) electrons. The van der Waals surface area contributed by atoms with Gasteiger partial charge in [-0.2, -0.15) is 0 Å². The molecule has 0 saturated carbocycles. The van der Waals surface area contributed by atoms with Crippen LogP contribution in [0, 0.1) is 5.41 Å². The van der Waals surface area contributed by atoms with Gasteiger partial charge in [-0.1, -0.05) is 32.6 Å². The van der Waals surface area contributed by atoms with Crippen molar-refractivity contribution in [3.63, 3.8) is 0 Å². The van der Waals surface area contributed by atoms with Crippen LogP contribution in [0.3, 0.4) is 0 Å². The van der Waals surface area contributed by atoms with Crippen LogP contribution in [0.15, 0.2) is 12.8 Å². The van der Waals surface area contributed by atoms with E-state index in [1.807, 2.05) is 0 Å². The molecule has 1 rings (SSSR count). The number of hydrogen-bond acceptors (Lipinski definition) is 3. The van der Waals surface area contributed by atoms with E-state index in [0.29, 0.717) is 6.61 Å². The average molecular weight is 246 g/mol. The van der Waals surface area contributed by atoms with E-state index in [1.54, 1.807) is 0 Å². The lowest BCUT2D eigenvalue weighted by Gasteiger charge is -2.39. The SMILES string of the molecule is C=COP1(=C)CCC(C)(C(=S)CC)CO1. The molecule has 2 unspecified atom stereocenters. The summed E-state index contributed by atoms with van der Waals surface area (Å²) >= 11 is 5.38. The lowest BCUT2D eigenvalue weighted by molar-refractivity contribution is 0.186. The Kier molecular flexibility index (Phi) is 4.16. The van der Waals surface area contributed by atoms with E-state index < -0.39 is 7.34 Å². The first-order valence-electron chi connectivity index (χ1n) is 5.15. The molecule has 0 aliphatic carbocycles. The van der Waals surface area contributed by atoms with Crippen molar-refractivity contribution in [3.8, 4) is 0 Å². The second-order valence-electron chi connectivity index (χ2n) is 4.17. The molecule has 0 spiro atoms. The molecule has 1 aliphatic rings. The van der Waals surface area contributed by atoms with E-state index in [1.165, 1.54) is 6.26 Å². The Labute approximate surface area is 97.8 Å². The van der Waals surface area contributed by atoms with E-state index in [9.17, 15) is 0 Å². The van der Waals surface area contributed by atoms with Crippen LogP contribution in [0.4, 0.5) is 0 Å². The van der Waals surface area contributed by atoms with Gasteiger partial charge in [-0.3, -0.25) is 0 Å². The van der Waals surface area contributed by atoms with Crippen LogP contribution in [0.2, 0.25) is 0 Å². The first kappa shape index (κ1) is 13.0. The van der Waals surface area contributed by atoms with Gasteiger partial charge in [0.05, 0.1) is 12.9 Å². The largest absolute Gasteiger partial charge is 0.461 e. The highest BCUT2D eigenvalue weighted by atomic mass is 32.1. The third-order valence-electron chi connectivity index (χ3n) is 2.88. The first-order valence-corrected chi connectivity index (χ1v) is 7.56. The van der Waals surface area contributed by atoms with Crippen molar-refractivity contribution in [1.29, 1.82) is 0 Å². The maximum Gasteiger partial charge on any atom is 0.166 e. The molecule has 86 valence electrons. The quantitative estimate of drug-likeness (QED) is 0.429. The Morgan fingerprint density at radius 2 is 2.40 bits per heavy atom. The minimum atomic E-state index is -1.92. The molecule has 0 N–H and O–H groups in total. The summed E-state index contributed by atoms with van der Waals surface area (Å²) in [4.78, 5) is 1.09. The minimum Gasteiger partial charge on any atom is -0.461 e. The summed E-state index contributed by atoms with van der Waals surface area (Å²) < 4.78 is 11.1. The molecular weight excluding hydrogens is 227 g/mol. The molecule has 15 heavy (non-hydrogen) atoms. The lowest BCUT2D eigenvalue weighted by atomic mass is 9.83. The standard InChI is InChI=1S/C11H19O2PS/c1-5-10(15)11(3)7-8-14(4,12-6-2)13-9-11/h6H,2,4-5,7-9H2,1,3H3. The number of rotatable bonds is 4. The molecule has 2 atom stereocenters. The van der Waals surface area contributed by atoms with Crippen LogP contribution >= 0.6 is 19.6 Å². The Bertz CT molecular complexity index is 300. The van der Waals surface area contributed by atoms with Crippen LogP contribution < -0.4 is 0 Å². The summed E-state index contributed by atoms with van der Waals surface area (Å²) in [6, 6.07) is 0. The Balaban J connectivity index is 2.66. The first-order chi connectivity index (χ1) is 6.96. The fourth-order valence-corrected chi connectivity index (χ4v) is 3.76. The van der Waals surface area contributed by atoms with Gasteiger partial charge in [0.2, 0.25) is 0 Å². The molecule has 1 saturated heterocycles. The van der Waals surface area contributed by atoms with E-state index >= 15 is 0 Å². The van der Waals surface area contributed by atoms with Crippen molar-refractivity contribution in [2.24, 2.45) is 5.41 Å². The summed E-state index contributed by atoms with van der Waals surface area (Å²) in [5.74, 6) is 0. The van der Waals surface area contributed by atoms with E-state index in [0.717, 1.165) is 23.9 Å². The van der Waals surface area contributed by atoms with E-state index in [2.05, 4.69) is 26.7 Å². The maximum atomic E-state index is 5.76. The predicted octanol–water partition coefficient (Wildman–Crippen LogP) is 3.63. The van der Waals surface area contributed by atoms with Crippen molar-refractivity contribution in [1.82, 2.24) is 0 Å². The molecule has 1 fully saturated rings. The number of thiocarbonyl (C=S) groups is 1. The second-order valence-corrected chi connectivity index (χ2v) is 7.21. The molecule has 1 aliphatic heterocycles. The van der Waals surface area contributed by atoms with Crippen LogP contribution in [0.1, 0.15) is 26.7 Å². The van der Waals surface area contributed by atoms with Gasteiger partial charge in [-0.25, -0.2) is 0 Å². The van der Waals surface area contributed by atoms with Crippen molar-refractivity contribution in [3.05, 3.63) is 12.8 Å². The summed E-state index contributed by atoms with van der Waals surface area (Å²) in [6.07, 6.45) is 8.25. The third-order valence-corrected chi connectivity index (χ3v) is 5.70. The van der Waals surface area contributed by atoms with Crippen LogP contribution in [-0.2, 0) is 9.05 Å². The Morgan fingerprint density at radius 3 is 2.80 bits per heavy atom. The molecule has 0 aromatic heterocycles. The Hall–Kier alpha value is -0.110. The zero-order valence-corrected chi connectivity index (χ0v) is 11.2. The highest BCUT2D eigenvalue weighted by Crippen LogP contribution is 2.55. The summed E-state index contributed by atoms with van der Waals surface area (Å²) in [5, 5.41) is 0. The highest BCUT2D eigenvalue weighted by molar-refractivity contribution is 7.80. The van der Waals surface area contributed by atoms with Gasteiger partial charge in [-0.05, 0) is 19.1 Å². The molecule has 4 heteroatoms. The predicted molar refractivity (Wildman–Crippen MR) is 71.8 cm³/mol. The topological polar surface area (TPSA) is 18.5 Å². The van der Waals surface area contributed by atoms with E-state index in [4.69, 9.17) is 21.3 Å². The van der Waals surface area contributed by atoms with Gasteiger partial charge >= 0.3 is 0 Å². The lowest BCUT2D eigenvalue weighted by Crippen LogP contribution is -2.35. The molecular formula is C11H19O2PS. The molecule has 0 bridgehead atoms. The van der Waals surface area contributed by atoms with Gasteiger partial charge in [0, 0.05) is 16.4 Å². The van der Waals surface area contributed by atoms with Crippen molar-refractivity contribution < 1.29 is 9.05 Å². The normalized spacial score (nSPS) is 35.9. The Morgan fingerprint density at radius 1 is 1.73 bits per heavy atom. The van der Waals surface area contributed by atoms with Gasteiger partial charge in [0.15, 0.2) is 7.34 Å². The molecule has 0 amide bonds. The smallest absolute Gasteiger partial charge is 0.166 e. The fourth-order valence-electron chi connectivity index (χ4n) is 1.68. The highest BCUT2D eigenvalue weighted by Gasteiger charge is 2.37. The minimum absolute atomic E-state index is 0.0236. The fraction of sp³-hybridized carbons (Fsp3) is 0.636. The average Bonchev–Trinajstić information content (AvgIpc) is 2.22. The molecule has 0 aromatic rings. The second kappa shape index (κ2) is 4.82. The van der Waals surface area contributed by atoms with Crippen molar-refractivity contribution >= 4 is 30.7 Å². The zero-order valence-electron chi connectivity index (χ0n) is 9.49. The van der Waals surface area contributed by atoms with Crippen molar-refractivity contribution in [2.45, 2.75) is 26.7 Å². The number of hydrogen-bond donors (Lipinski definition) is 0. The maximum absolute atomic E-state index is 5.76. The third kappa shape index (κ3) is 2.93. The van der Waals surface area contributed by atoms with Gasteiger partial charge < -0.3 is 9.05 Å².